The molecule has 0 radical (unpaired) electrons. The Hall–Kier alpha value is -2.53. The third kappa shape index (κ3) is 5.51. The number of anilines is 1. The lowest BCUT2D eigenvalue weighted by molar-refractivity contribution is -0.123. The van der Waals surface area contributed by atoms with Gasteiger partial charge in [-0.05, 0) is 43.3 Å². The van der Waals surface area contributed by atoms with E-state index in [2.05, 4.69) is 10.2 Å². The highest BCUT2D eigenvalue weighted by atomic mass is 35.5. The molecule has 2 aromatic rings. The van der Waals surface area contributed by atoms with Crippen LogP contribution in [0.2, 0.25) is 5.02 Å². The zero-order valence-electron chi connectivity index (χ0n) is 15.7. The van der Waals surface area contributed by atoms with Gasteiger partial charge in [-0.2, -0.15) is 0 Å². The molecule has 2 rings (SSSR count). The third-order valence-corrected chi connectivity index (χ3v) is 5.95. The minimum absolute atomic E-state index is 0.123. The number of carbonyl (C=O) groups is 2. The second-order valence-electron chi connectivity index (χ2n) is 5.79. The van der Waals surface area contributed by atoms with Crippen LogP contribution in [0.1, 0.15) is 17.3 Å². The predicted molar refractivity (Wildman–Crippen MR) is 103 cm³/mol. The number of sulfonamides is 1. The number of halogens is 2. The van der Waals surface area contributed by atoms with Crippen molar-refractivity contribution in [3.05, 3.63) is 58.9 Å². The van der Waals surface area contributed by atoms with E-state index in [0.717, 1.165) is 26.3 Å². The van der Waals surface area contributed by atoms with Gasteiger partial charge in [-0.25, -0.2) is 17.6 Å². The summed E-state index contributed by atoms with van der Waals surface area (Å²) in [5, 5.41) is 2.29. The molecule has 1 amide bonds. The molecule has 0 aromatic heterocycles. The summed E-state index contributed by atoms with van der Waals surface area (Å²) in [6, 6.07) is 8.69. The van der Waals surface area contributed by atoms with E-state index in [1.54, 1.807) is 0 Å². The van der Waals surface area contributed by atoms with Crippen molar-refractivity contribution in [3.63, 3.8) is 0 Å². The zero-order chi connectivity index (χ0) is 21.8. The van der Waals surface area contributed by atoms with Crippen LogP contribution in [-0.4, -0.2) is 45.0 Å². The fourth-order valence-electron chi connectivity index (χ4n) is 2.16. The number of rotatable bonds is 7. The smallest absolute Gasteiger partial charge is 0.338 e. The van der Waals surface area contributed by atoms with E-state index in [1.807, 2.05) is 0 Å². The number of hydrogen-bond acceptors (Lipinski definition) is 6. The lowest BCUT2D eigenvalue weighted by Crippen LogP contribution is -2.30. The number of nitrogens with one attached hydrogen (secondary N) is 1. The Labute approximate surface area is 172 Å². The molecule has 0 aliphatic rings. The molecule has 1 atom stereocenters. The van der Waals surface area contributed by atoms with Gasteiger partial charge in [0.05, 0.1) is 17.7 Å². The summed E-state index contributed by atoms with van der Waals surface area (Å²) in [7, 11) is -1.79. The first-order valence-corrected chi connectivity index (χ1v) is 9.98. The number of benzene rings is 2. The average molecular weight is 445 g/mol. The zero-order valence-corrected chi connectivity index (χ0v) is 17.3. The molecule has 0 saturated carbocycles. The van der Waals surface area contributed by atoms with Gasteiger partial charge in [0.25, 0.3) is 15.9 Å². The molecule has 11 heteroatoms. The number of esters is 1. The monoisotopic (exact) mass is 444 g/mol. The Kier molecular flexibility index (Phi) is 7.31. The number of hydroxylamine groups is 1. The van der Waals surface area contributed by atoms with Gasteiger partial charge in [0.2, 0.25) is 0 Å². The molecule has 2 aromatic carbocycles. The fraction of sp³-hybridized carbons (Fsp3) is 0.222. The Bertz CT molecular complexity index is 1030. The third-order valence-electron chi connectivity index (χ3n) is 3.79. The lowest BCUT2D eigenvalue weighted by Gasteiger charge is -2.16. The summed E-state index contributed by atoms with van der Waals surface area (Å²) in [6.45, 7) is 1.32. The first kappa shape index (κ1) is 22.8. The number of hydrogen-bond donors (Lipinski definition) is 1. The topological polar surface area (TPSA) is 102 Å². The molecule has 29 heavy (non-hydrogen) atoms. The summed E-state index contributed by atoms with van der Waals surface area (Å²) in [5.74, 6) is -2.17. The molecule has 0 aliphatic carbocycles. The molecule has 0 heterocycles. The Morgan fingerprint density at radius 3 is 2.52 bits per heavy atom. The van der Waals surface area contributed by atoms with Crippen LogP contribution in [0.4, 0.5) is 10.1 Å². The van der Waals surface area contributed by atoms with E-state index < -0.39 is 33.8 Å². The summed E-state index contributed by atoms with van der Waals surface area (Å²) in [4.78, 5) is 28.8. The SMILES string of the molecule is CON(C)S(=O)(=O)c1cc(C(=O)OC(C)C(=O)Nc2cccc(F)c2)ccc1Cl. The quantitative estimate of drug-likeness (QED) is 0.520. The molecule has 0 bridgehead atoms. The van der Waals surface area contributed by atoms with Crippen molar-refractivity contribution in [1.29, 1.82) is 0 Å². The van der Waals surface area contributed by atoms with Crippen LogP contribution in [0, 0.1) is 5.82 Å². The Balaban J connectivity index is 2.16. The normalized spacial score (nSPS) is 12.5. The van der Waals surface area contributed by atoms with E-state index in [1.165, 1.54) is 37.3 Å². The van der Waals surface area contributed by atoms with Crippen LogP contribution < -0.4 is 5.32 Å². The minimum Gasteiger partial charge on any atom is -0.449 e. The largest absolute Gasteiger partial charge is 0.449 e. The van der Waals surface area contributed by atoms with Gasteiger partial charge < -0.3 is 10.1 Å². The van der Waals surface area contributed by atoms with Crippen molar-refractivity contribution in [1.82, 2.24) is 4.47 Å². The standard InChI is InChI=1S/C18H18ClFN2O6S/c1-11(17(23)21-14-6-4-5-13(20)10-14)28-18(24)12-7-8-15(19)16(9-12)29(25,26)22(2)27-3/h4-11H,1-3H3,(H,21,23). The molecule has 1 unspecified atom stereocenters. The van der Waals surface area contributed by atoms with Gasteiger partial charge in [-0.3, -0.25) is 9.63 Å². The van der Waals surface area contributed by atoms with Gasteiger partial charge in [0.15, 0.2) is 6.10 Å². The predicted octanol–water partition coefficient (Wildman–Crippen LogP) is 2.85. The maximum absolute atomic E-state index is 13.2. The van der Waals surface area contributed by atoms with Crippen LogP contribution >= 0.6 is 11.6 Å². The fourth-order valence-corrected chi connectivity index (χ4v) is 3.63. The van der Waals surface area contributed by atoms with Gasteiger partial charge >= 0.3 is 5.97 Å². The molecule has 0 saturated heterocycles. The van der Waals surface area contributed by atoms with Crippen LogP contribution in [0.25, 0.3) is 0 Å². The van der Waals surface area contributed by atoms with Crippen molar-refractivity contribution in [2.75, 3.05) is 19.5 Å². The Morgan fingerprint density at radius 2 is 1.90 bits per heavy atom. The molecule has 1 N–H and O–H groups in total. The van der Waals surface area contributed by atoms with Gasteiger partial charge in [0.1, 0.15) is 10.7 Å². The molecular formula is C18H18ClFN2O6S. The highest BCUT2D eigenvalue weighted by molar-refractivity contribution is 7.89. The van der Waals surface area contributed by atoms with Crippen molar-refractivity contribution in [2.45, 2.75) is 17.9 Å². The molecule has 8 nitrogen and oxygen atoms in total. The van der Waals surface area contributed by atoms with Crippen molar-refractivity contribution >= 4 is 39.2 Å². The van der Waals surface area contributed by atoms with E-state index >= 15 is 0 Å². The molecule has 0 aliphatic heterocycles. The Morgan fingerprint density at radius 1 is 1.21 bits per heavy atom. The van der Waals surface area contributed by atoms with Gasteiger partial charge in [-0.1, -0.05) is 22.1 Å². The number of ether oxygens (including phenoxy) is 1. The second-order valence-corrected chi connectivity index (χ2v) is 8.10. The van der Waals surface area contributed by atoms with Crippen molar-refractivity contribution < 1.29 is 32.0 Å². The first-order valence-electron chi connectivity index (χ1n) is 8.16. The molecule has 0 spiro atoms. The van der Waals surface area contributed by atoms with Crippen LogP contribution in [0.5, 0.6) is 0 Å². The average Bonchev–Trinajstić information content (AvgIpc) is 2.67. The molecular weight excluding hydrogens is 427 g/mol. The highest BCUT2D eigenvalue weighted by Gasteiger charge is 2.26. The maximum Gasteiger partial charge on any atom is 0.338 e. The summed E-state index contributed by atoms with van der Waals surface area (Å²) < 4.78 is 43.6. The van der Waals surface area contributed by atoms with Crippen LogP contribution in [-0.2, 0) is 24.4 Å². The van der Waals surface area contributed by atoms with Crippen LogP contribution in [0.3, 0.4) is 0 Å². The van der Waals surface area contributed by atoms with E-state index in [0.29, 0.717) is 4.47 Å². The minimum atomic E-state index is -4.11. The number of amides is 1. The second kappa shape index (κ2) is 9.31. The number of nitrogens with zero attached hydrogens (tertiary/aromatic N) is 1. The maximum atomic E-state index is 13.2. The number of carbonyl (C=O) groups excluding carboxylic acids is 2. The van der Waals surface area contributed by atoms with Crippen molar-refractivity contribution in [3.8, 4) is 0 Å². The summed E-state index contributed by atoms with van der Waals surface area (Å²) in [5.41, 5.74) is 0.0586. The lowest BCUT2D eigenvalue weighted by atomic mass is 10.2. The van der Waals surface area contributed by atoms with E-state index in [-0.39, 0.29) is 21.2 Å². The molecule has 156 valence electrons. The summed E-state index contributed by atoms with van der Waals surface area (Å²) in [6.07, 6.45) is -1.23. The summed E-state index contributed by atoms with van der Waals surface area (Å²) >= 11 is 5.94. The van der Waals surface area contributed by atoms with Gasteiger partial charge in [0, 0.05) is 12.7 Å². The molecule has 0 fully saturated rings. The first-order chi connectivity index (χ1) is 13.6. The van der Waals surface area contributed by atoms with Crippen molar-refractivity contribution in [2.24, 2.45) is 0 Å². The van der Waals surface area contributed by atoms with Gasteiger partial charge in [-0.15, -0.1) is 0 Å². The van der Waals surface area contributed by atoms with E-state index in [9.17, 15) is 22.4 Å². The van der Waals surface area contributed by atoms with Crippen LogP contribution in [0.15, 0.2) is 47.4 Å². The van der Waals surface area contributed by atoms with E-state index in [4.69, 9.17) is 16.3 Å². The highest BCUT2D eigenvalue weighted by Crippen LogP contribution is 2.26.